The van der Waals surface area contributed by atoms with Gasteiger partial charge in [0.25, 0.3) is 5.91 Å². The number of amidine groups is 1. The van der Waals surface area contributed by atoms with Crippen LogP contribution in [0.2, 0.25) is 5.02 Å². The van der Waals surface area contributed by atoms with Crippen LogP contribution in [0.3, 0.4) is 0 Å². The fraction of sp³-hybridized carbons (Fsp3) is 0.296. The maximum Gasteiger partial charge on any atom is 0.338 e. The average molecular weight is 542 g/mol. The number of nitrogens with one attached hydrogen (secondary N) is 1. The molecule has 0 bridgehead atoms. The van der Waals surface area contributed by atoms with E-state index in [9.17, 15) is 9.59 Å². The summed E-state index contributed by atoms with van der Waals surface area (Å²) in [4.78, 5) is 32.0. The van der Waals surface area contributed by atoms with Crippen LogP contribution in [0, 0.1) is 6.92 Å². The molecule has 0 saturated carbocycles. The van der Waals surface area contributed by atoms with E-state index < -0.39 is 12.0 Å². The molecular weight excluding hydrogens is 514 g/mol. The molecule has 0 fully saturated rings. The van der Waals surface area contributed by atoms with Crippen LogP contribution in [0.25, 0.3) is 0 Å². The number of rotatable bonds is 9. The van der Waals surface area contributed by atoms with Gasteiger partial charge in [0.05, 0.1) is 30.5 Å². The molecule has 0 saturated heterocycles. The number of hydrogen-bond acceptors (Lipinski definition) is 8. The maximum atomic E-state index is 12.9. The van der Waals surface area contributed by atoms with Gasteiger partial charge in [0.15, 0.2) is 23.3 Å². The van der Waals surface area contributed by atoms with Gasteiger partial charge in [0, 0.05) is 16.9 Å². The Morgan fingerprint density at radius 2 is 1.89 bits per heavy atom. The first kappa shape index (κ1) is 26.6. The molecule has 194 valence electrons. The highest BCUT2D eigenvalue weighted by Crippen LogP contribution is 2.43. The molecule has 0 aromatic heterocycles. The van der Waals surface area contributed by atoms with E-state index >= 15 is 0 Å². The van der Waals surface area contributed by atoms with Gasteiger partial charge >= 0.3 is 5.97 Å². The molecule has 0 radical (unpaired) electrons. The Bertz CT molecular complexity index is 1310. The van der Waals surface area contributed by atoms with Crippen LogP contribution in [0.5, 0.6) is 11.5 Å². The monoisotopic (exact) mass is 541 g/mol. The summed E-state index contributed by atoms with van der Waals surface area (Å²) < 4.78 is 17.0. The lowest BCUT2D eigenvalue weighted by Crippen LogP contribution is -2.34. The predicted molar refractivity (Wildman–Crippen MR) is 146 cm³/mol. The van der Waals surface area contributed by atoms with Crippen molar-refractivity contribution < 1.29 is 23.8 Å². The van der Waals surface area contributed by atoms with Crippen LogP contribution in [0.1, 0.15) is 37.9 Å². The number of fused-ring (bicyclic) bond motifs is 1. The van der Waals surface area contributed by atoms with E-state index in [-0.39, 0.29) is 19.1 Å². The minimum Gasteiger partial charge on any atom is -0.490 e. The first-order chi connectivity index (χ1) is 17.8. The molecule has 0 spiro atoms. The van der Waals surface area contributed by atoms with Gasteiger partial charge in [-0.05, 0) is 68.5 Å². The number of nitrogens with zero attached hydrogens (tertiary/aromatic N) is 2. The van der Waals surface area contributed by atoms with E-state index in [1.165, 1.54) is 11.8 Å². The van der Waals surface area contributed by atoms with Crippen LogP contribution >= 0.6 is 23.4 Å². The van der Waals surface area contributed by atoms with Gasteiger partial charge in [-0.2, -0.15) is 0 Å². The molecular formula is C27H28ClN3O5S. The van der Waals surface area contributed by atoms with Crippen LogP contribution in [-0.2, 0) is 14.3 Å². The summed E-state index contributed by atoms with van der Waals surface area (Å²) in [6.45, 7) is 7.77. The third-order valence-corrected chi connectivity index (χ3v) is 6.74. The first-order valence-electron chi connectivity index (χ1n) is 11.9. The van der Waals surface area contributed by atoms with Crippen molar-refractivity contribution in [1.29, 1.82) is 0 Å². The molecule has 4 rings (SSSR count). The summed E-state index contributed by atoms with van der Waals surface area (Å²) >= 11 is 7.54. The van der Waals surface area contributed by atoms with Crippen molar-refractivity contribution in [3.05, 3.63) is 75.4 Å². The third-order valence-electron chi connectivity index (χ3n) is 5.73. The van der Waals surface area contributed by atoms with Crippen molar-refractivity contribution in [3.8, 4) is 11.5 Å². The molecule has 1 amide bonds. The average Bonchev–Trinajstić information content (AvgIpc) is 3.33. The van der Waals surface area contributed by atoms with Crippen molar-refractivity contribution in [2.45, 2.75) is 33.7 Å². The number of ether oxygens (including phenoxy) is 3. The quantitative estimate of drug-likeness (QED) is 0.399. The minimum absolute atomic E-state index is 0.218. The normalized spacial score (nSPS) is 16.3. The lowest BCUT2D eigenvalue weighted by molar-refractivity contribution is -0.139. The Labute approximate surface area is 225 Å². The fourth-order valence-electron chi connectivity index (χ4n) is 4.04. The minimum atomic E-state index is -0.444. The van der Waals surface area contributed by atoms with E-state index in [4.69, 9.17) is 25.8 Å². The van der Waals surface area contributed by atoms with Gasteiger partial charge in [-0.3, -0.25) is 4.79 Å². The van der Waals surface area contributed by atoms with E-state index in [2.05, 4.69) is 10.3 Å². The smallest absolute Gasteiger partial charge is 0.338 e. The Morgan fingerprint density at radius 3 is 2.65 bits per heavy atom. The Kier molecular flexibility index (Phi) is 8.45. The van der Waals surface area contributed by atoms with E-state index in [1.54, 1.807) is 25.1 Å². The maximum absolute atomic E-state index is 12.9. The van der Waals surface area contributed by atoms with Crippen molar-refractivity contribution in [2.75, 3.05) is 25.1 Å². The van der Waals surface area contributed by atoms with Gasteiger partial charge in [0.1, 0.15) is 0 Å². The van der Waals surface area contributed by atoms with E-state index in [1.807, 2.05) is 55.5 Å². The highest BCUT2D eigenvalue weighted by Gasteiger charge is 2.37. The number of esters is 1. The molecule has 1 atom stereocenters. The second-order valence-electron chi connectivity index (χ2n) is 8.26. The number of amides is 1. The summed E-state index contributed by atoms with van der Waals surface area (Å²) in [6, 6.07) is 10.3. The second-order valence-corrected chi connectivity index (χ2v) is 9.57. The molecule has 0 unspecified atom stereocenters. The molecule has 10 heteroatoms. The fourth-order valence-corrected chi connectivity index (χ4v) is 5.00. The topological polar surface area (TPSA) is 89.5 Å². The highest BCUT2D eigenvalue weighted by atomic mass is 35.5. The molecule has 8 nitrogen and oxygen atoms in total. The molecule has 2 aromatic rings. The zero-order valence-electron chi connectivity index (χ0n) is 21.0. The summed E-state index contributed by atoms with van der Waals surface area (Å²) in [5, 5.41) is 6.06. The van der Waals surface area contributed by atoms with Gasteiger partial charge in [-0.15, -0.1) is 0 Å². The molecule has 2 aliphatic rings. The summed E-state index contributed by atoms with van der Waals surface area (Å²) in [5.41, 5.74) is 3.39. The van der Waals surface area contributed by atoms with Gasteiger partial charge in [0.2, 0.25) is 0 Å². The van der Waals surface area contributed by atoms with Crippen LogP contribution in [0.15, 0.2) is 64.3 Å². The van der Waals surface area contributed by atoms with Crippen molar-refractivity contribution in [2.24, 2.45) is 4.99 Å². The lowest BCUT2D eigenvalue weighted by Gasteiger charge is -2.33. The standard InChI is InChI=1S/C27H28ClN3O5S/c1-5-34-22-13-18(25-24(26(33)35-6-2)17(4)29-27-31(25)11-12-37-27)8-10-21(22)36-15-23(32)30-20-14-19(28)9-7-16(20)3/h7-14,25H,5-6,15H2,1-4H3,(H,30,32)/t25-/m1/s1. The van der Waals surface area contributed by atoms with Crippen molar-refractivity contribution in [3.63, 3.8) is 0 Å². The van der Waals surface area contributed by atoms with E-state index in [0.717, 1.165) is 16.3 Å². The summed E-state index contributed by atoms with van der Waals surface area (Å²) in [7, 11) is 0. The molecule has 1 N–H and O–H groups in total. The van der Waals surface area contributed by atoms with Gasteiger partial charge in [-0.25, -0.2) is 9.79 Å². The summed E-state index contributed by atoms with van der Waals surface area (Å²) in [5.74, 6) is 0.141. The second kappa shape index (κ2) is 11.7. The third kappa shape index (κ3) is 5.94. The number of benzene rings is 2. The van der Waals surface area contributed by atoms with Crippen LogP contribution in [-0.4, -0.2) is 41.8 Å². The molecule has 2 aromatic carbocycles. The number of aliphatic imine (C=N–C) groups is 1. The number of allylic oxidation sites excluding steroid dienone is 1. The lowest BCUT2D eigenvalue weighted by atomic mass is 9.94. The number of thioether (sulfide) groups is 1. The predicted octanol–water partition coefficient (Wildman–Crippen LogP) is 5.83. The number of halogens is 1. The zero-order chi connectivity index (χ0) is 26.5. The highest BCUT2D eigenvalue weighted by molar-refractivity contribution is 8.16. The van der Waals surface area contributed by atoms with Crippen molar-refractivity contribution >= 4 is 46.1 Å². The van der Waals surface area contributed by atoms with Crippen LogP contribution in [0.4, 0.5) is 5.69 Å². The first-order valence-corrected chi connectivity index (χ1v) is 13.1. The Balaban J connectivity index is 1.58. The number of anilines is 1. The number of carbonyl (C=O) groups is 2. The van der Waals surface area contributed by atoms with Gasteiger partial charge < -0.3 is 24.4 Å². The number of hydrogen-bond donors (Lipinski definition) is 1. The molecule has 37 heavy (non-hydrogen) atoms. The zero-order valence-corrected chi connectivity index (χ0v) is 22.6. The SMILES string of the molecule is CCOC(=O)C1=C(C)N=C2SC=CN2[C@@H]1c1ccc(OCC(=O)Nc2cc(Cl)ccc2C)c(OCC)c1. The molecule has 2 aliphatic heterocycles. The molecule has 0 aliphatic carbocycles. The van der Waals surface area contributed by atoms with Crippen LogP contribution < -0.4 is 14.8 Å². The number of aryl methyl sites for hydroxylation is 1. The van der Waals surface area contributed by atoms with Gasteiger partial charge in [-0.1, -0.05) is 35.5 Å². The van der Waals surface area contributed by atoms with E-state index in [0.29, 0.717) is 40.1 Å². The summed E-state index contributed by atoms with van der Waals surface area (Å²) in [6.07, 6.45) is 1.90. The molecule has 2 heterocycles. The Morgan fingerprint density at radius 1 is 1.08 bits per heavy atom. The number of carbonyl (C=O) groups excluding carboxylic acids is 2. The van der Waals surface area contributed by atoms with Crippen molar-refractivity contribution in [1.82, 2.24) is 4.90 Å². The largest absolute Gasteiger partial charge is 0.490 e. The Hall–Kier alpha value is -3.43.